The van der Waals surface area contributed by atoms with Crippen LogP contribution in [0.15, 0.2) is 18.2 Å². The van der Waals surface area contributed by atoms with E-state index in [2.05, 4.69) is 20.7 Å². The third-order valence-electron chi connectivity index (χ3n) is 2.47. The maximum atomic E-state index is 12.3. The first-order valence-corrected chi connectivity index (χ1v) is 6.72. The molecule has 0 heterocycles. The molecule has 2 N–H and O–H groups in total. The summed E-state index contributed by atoms with van der Waals surface area (Å²) in [5.41, 5.74) is -0.0561. The normalized spacial score (nSPS) is 13.1. The van der Waals surface area contributed by atoms with Crippen molar-refractivity contribution in [3.63, 3.8) is 0 Å². The van der Waals surface area contributed by atoms with Crippen LogP contribution >= 0.6 is 15.9 Å². The Labute approximate surface area is 121 Å². The highest BCUT2D eigenvalue weighted by Gasteiger charge is 2.34. The van der Waals surface area contributed by atoms with Crippen LogP contribution in [-0.4, -0.2) is 27.9 Å². The number of aliphatic hydroxyl groups excluding tert-OH is 1. The van der Waals surface area contributed by atoms with Crippen LogP contribution < -0.4 is 4.74 Å². The summed E-state index contributed by atoms with van der Waals surface area (Å²) in [6, 6.07) is 3.77. The van der Waals surface area contributed by atoms with Crippen LogP contribution in [0.2, 0.25) is 0 Å². The molecule has 1 rings (SSSR count). The fourth-order valence-corrected chi connectivity index (χ4v) is 1.99. The van der Waals surface area contributed by atoms with Crippen molar-refractivity contribution < 1.29 is 32.9 Å². The summed E-state index contributed by atoms with van der Waals surface area (Å²) >= 11 is 3.17. The molecule has 0 radical (unpaired) electrons. The molecule has 0 spiro atoms. The molecule has 1 aromatic rings. The first-order valence-electron chi connectivity index (χ1n) is 5.60. The van der Waals surface area contributed by atoms with Gasteiger partial charge in [-0.15, -0.1) is 13.2 Å². The molecule has 0 saturated heterocycles. The van der Waals surface area contributed by atoms with E-state index in [1.54, 1.807) is 0 Å². The highest BCUT2D eigenvalue weighted by molar-refractivity contribution is 9.09. The molecule has 4 nitrogen and oxygen atoms in total. The second-order valence-electron chi connectivity index (χ2n) is 3.91. The maximum Gasteiger partial charge on any atom is 0.573 e. The summed E-state index contributed by atoms with van der Waals surface area (Å²) in [6.07, 6.45) is -6.13. The molecule has 0 aliphatic rings. The minimum absolute atomic E-state index is 0.307. The molecule has 112 valence electrons. The first kappa shape index (κ1) is 16.8. The van der Waals surface area contributed by atoms with Crippen LogP contribution in [0.1, 0.15) is 23.7 Å². The van der Waals surface area contributed by atoms with Gasteiger partial charge in [0.1, 0.15) is 5.75 Å². The van der Waals surface area contributed by atoms with Crippen molar-refractivity contribution in [2.75, 3.05) is 5.33 Å². The van der Waals surface area contributed by atoms with Crippen molar-refractivity contribution in [1.29, 1.82) is 0 Å². The van der Waals surface area contributed by atoms with Crippen molar-refractivity contribution in [1.82, 2.24) is 0 Å². The molecular weight excluding hydrogens is 345 g/mol. The zero-order chi connectivity index (χ0) is 15.3. The largest absolute Gasteiger partial charge is 0.573 e. The average Bonchev–Trinajstić information content (AvgIpc) is 2.33. The van der Waals surface area contributed by atoms with E-state index in [9.17, 15) is 23.1 Å². The minimum Gasteiger partial charge on any atom is -0.479 e. The number of aliphatic carboxylic acids is 1. The summed E-state index contributed by atoms with van der Waals surface area (Å²) in [7, 11) is 0. The number of carbonyl (C=O) groups is 1. The molecule has 1 atom stereocenters. The van der Waals surface area contributed by atoms with E-state index in [0.717, 1.165) is 6.07 Å². The van der Waals surface area contributed by atoms with Crippen molar-refractivity contribution in [3.05, 3.63) is 29.3 Å². The van der Waals surface area contributed by atoms with E-state index in [0.29, 0.717) is 23.7 Å². The molecular formula is C12H12BrF3O4. The topological polar surface area (TPSA) is 66.8 Å². The van der Waals surface area contributed by atoms with Crippen LogP contribution in [0, 0.1) is 0 Å². The van der Waals surface area contributed by atoms with Crippen LogP contribution in [-0.2, 0) is 11.2 Å². The third-order valence-corrected chi connectivity index (χ3v) is 3.03. The Morgan fingerprint density at radius 1 is 1.40 bits per heavy atom. The van der Waals surface area contributed by atoms with E-state index < -0.39 is 24.2 Å². The highest BCUT2D eigenvalue weighted by atomic mass is 79.9. The molecule has 0 bridgehead atoms. The summed E-state index contributed by atoms with van der Waals surface area (Å²) < 4.78 is 40.7. The zero-order valence-corrected chi connectivity index (χ0v) is 11.7. The van der Waals surface area contributed by atoms with E-state index >= 15 is 0 Å². The number of hydrogen-bond acceptors (Lipinski definition) is 3. The van der Waals surface area contributed by atoms with E-state index in [1.165, 1.54) is 12.1 Å². The quantitative estimate of drug-likeness (QED) is 0.769. The van der Waals surface area contributed by atoms with Gasteiger partial charge in [0.15, 0.2) is 6.10 Å². The second-order valence-corrected chi connectivity index (χ2v) is 4.70. The number of carboxylic acids is 1. The van der Waals surface area contributed by atoms with Crippen molar-refractivity contribution in [3.8, 4) is 5.75 Å². The van der Waals surface area contributed by atoms with Gasteiger partial charge in [-0.25, -0.2) is 4.79 Å². The molecule has 0 amide bonds. The highest BCUT2D eigenvalue weighted by Crippen LogP contribution is 2.33. The predicted molar refractivity (Wildman–Crippen MR) is 67.8 cm³/mol. The molecule has 20 heavy (non-hydrogen) atoms. The van der Waals surface area contributed by atoms with Gasteiger partial charge in [-0.05, 0) is 24.5 Å². The van der Waals surface area contributed by atoms with E-state index in [1.807, 2.05) is 0 Å². The van der Waals surface area contributed by atoms with Crippen LogP contribution in [0.25, 0.3) is 0 Å². The van der Waals surface area contributed by atoms with Gasteiger partial charge in [0, 0.05) is 10.9 Å². The molecule has 0 aliphatic carbocycles. The Morgan fingerprint density at radius 3 is 2.55 bits per heavy atom. The summed E-state index contributed by atoms with van der Waals surface area (Å²) in [6.45, 7) is 0. The molecule has 0 fully saturated rings. The first-order chi connectivity index (χ1) is 9.26. The fourth-order valence-electron chi connectivity index (χ4n) is 1.71. The predicted octanol–water partition coefficient (Wildman–Crippen LogP) is 3.03. The SMILES string of the molecule is O=C(O)C(O)c1c(CCCBr)cccc1OC(F)(F)F. The zero-order valence-electron chi connectivity index (χ0n) is 10.2. The number of ether oxygens (including phenoxy) is 1. The number of aryl methyl sites for hydroxylation is 1. The number of benzene rings is 1. The van der Waals surface area contributed by atoms with Crippen molar-refractivity contribution >= 4 is 21.9 Å². The smallest absolute Gasteiger partial charge is 0.479 e. The van der Waals surface area contributed by atoms with E-state index in [-0.39, 0.29) is 5.56 Å². The lowest BCUT2D eigenvalue weighted by molar-refractivity contribution is -0.275. The minimum atomic E-state index is -4.96. The summed E-state index contributed by atoms with van der Waals surface area (Å²) in [5.74, 6) is -2.33. The van der Waals surface area contributed by atoms with E-state index in [4.69, 9.17) is 5.11 Å². The Hall–Kier alpha value is -1.28. The second kappa shape index (κ2) is 6.94. The average molecular weight is 357 g/mol. The Morgan fingerprint density at radius 2 is 2.05 bits per heavy atom. The Kier molecular flexibility index (Phi) is 5.82. The molecule has 1 aromatic carbocycles. The lowest BCUT2D eigenvalue weighted by Gasteiger charge is -2.18. The lowest BCUT2D eigenvalue weighted by Crippen LogP contribution is -2.21. The van der Waals surface area contributed by atoms with Gasteiger partial charge >= 0.3 is 12.3 Å². The summed E-state index contributed by atoms with van der Waals surface area (Å²) in [4.78, 5) is 10.8. The number of carboxylic acid groups (broad SMARTS) is 1. The van der Waals surface area contributed by atoms with Crippen molar-refractivity contribution in [2.45, 2.75) is 25.3 Å². The fraction of sp³-hybridized carbons (Fsp3) is 0.417. The van der Waals surface area contributed by atoms with Crippen LogP contribution in [0.4, 0.5) is 13.2 Å². The standard InChI is InChI=1S/C12H12BrF3O4/c13-6-2-4-7-3-1-5-8(20-12(14,15)16)9(7)10(17)11(18)19/h1,3,5,10,17H,2,4,6H2,(H,18,19). The van der Waals surface area contributed by atoms with Gasteiger partial charge in [0.05, 0.1) is 0 Å². The van der Waals surface area contributed by atoms with Gasteiger partial charge < -0.3 is 14.9 Å². The molecule has 1 unspecified atom stereocenters. The van der Waals surface area contributed by atoms with Gasteiger partial charge in [-0.1, -0.05) is 28.1 Å². The molecule has 0 saturated carbocycles. The van der Waals surface area contributed by atoms with Gasteiger partial charge in [-0.2, -0.15) is 0 Å². The van der Waals surface area contributed by atoms with Gasteiger partial charge in [0.25, 0.3) is 0 Å². The summed E-state index contributed by atoms with van der Waals surface area (Å²) in [5, 5.41) is 19.0. The van der Waals surface area contributed by atoms with Crippen LogP contribution in [0.3, 0.4) is 0 Å². The number of halogens is 4. The molecule has 0 aliphatic heterocycles. The number of rotatable bonds is 6. The Balaban J connectivity index is 3.24. The lowest BCUT2D eigenvalue weighted by atomic mass is 9.98. The number of alkyl halides is 4. The van der Waals surface area contributed by atoms with Crippen LogP contribution in [0.5, 0.6) is 5.75 Å². The van der Waals surface area contributed by atoms with Gasteiger partial charge in [-0.3, -0.25) is 0 Å². The molecule has 8 heteroatoms. The van der Waals surface area contributed by atoms with Gasteiger partial charge in [0.2, 0.25) is 0 Å². The maximum absolute atomic E-state index is 12.3. The third kappa shape index (κ3) is 4.68. The number of aliphatic hydroxyl groups is 1. The monoisotopic (exact) mass is 356 g/mol. The molecule has 0 aromatic heterocycles. The number of hydrogen-bond donors (Lipinski definition) is 2. The Bertz CT molecular complexity index is 476. The van der Waals surface area contributed by atoms with Crippen molar-refractivity contribution in [2.24, 2.45) is 0 Å².